The maximum absolute atomic E-state index is 11.1. The van der Waals surface area contributed by atoms with E-state index < -0.39 is 5.97 Å². The van der Waals surface area contributed by atoms with Crippen molar-refractivity contribution >= 4 is 16.9 Å². The minimum atomic E-state index is -0.980. The molecule has 5 heteroatoms. The average molecular weight is 271 g/mol. The van der Waals surface area contributed by atoms with Gasteiger partial charge in [0, 0.05) is 17.1 Å². The highest BCUT2D eigenvalue weighted by Gasteiger charge is 2.14. The quantitative estimate of drug-likeness (QED) is 0.792. The van der Waals surface area contributed by atoms with Crippen LogP contribution in [0.4, 0.5) is 0 Å². The van der Waals surface area contributed by atoms with E-state index in [1.807, 2.05) is 35.0 Å². The molecule has 0 saturated carbocycles. The molecule has 5 nitrogen and oxygen atoms in total. The maximum Gasteiger partial charge on any atom is 0.339 e. The van der Waals surface area contributed by atoms with Crippen molar-refractivity contribution in [3.63, 3.8) is 0 Å². The first-order chi connectivity index (χ1) is 9.69. The number of carboxylic acid groups (broad SMARTS) is 1. The number of hydrogen-bond donors (Lipinski definition) is 1. The van der Waals surface area contributed by atoms with Gasteiger partial charge in [-0.25, -0.2) is 4.79 Å². The smallest absolute Gasteiger partial charge is 0.339 e. The predicted octanol–water partition coefficient (Wildman–Crippen LogP) is 2.99. The normalized spacial score (nSPS) is 10.8. The zero-order chi connectivity index (χ0) is 14.1. The number of aromatic nitrogens is 1. The van der Waals surface area contributed by atoms with Crippen molar-refractivity contribution < 1.29 is 19.1 Å². The second-order valence-corrected chi connectivity index (χ2v) is 4.43. The molecule has 0 radical (unpaired) electrons. The van der Waals surface area contributed by atoms with E-state index in [0.29, 0.717) is 12.3 Å². The fourth-order valence-corrected chi connectivity index (χ4v) is 2.25. The number of hydrogen-bond acceptors (Lipinski definition) is 3. The lowest BCUT2D eigenvalue weighted by Gasteiger charge is -2.05. The number of carbonyl (C=O) groups is 1. The fourth-order valence-electron chi connectivity index (χ4n) is 2.25. The Hall–Kier alpha value is -2.69. The number of fused-ring (bicyclic) bond motifs is 1. The van der Waals surface area contributed by atoms with Gasteiger partial charge in [-0.3, -0.25) is 0 Å². The van der Waals surface area contributed by atoms with Gasteiger partial charge in [0.1, 0.15) is 17.1 Å². The Balaban J connectivity index is 1.99. The number of methoxy groups -OCH3 is 1. The highest BCUT2D eigenvalue weighted by atomic mass is 16.5. The largest absolute Gasteiger partial charge is 0.497 e. The number of aromatic carboxylic acids is 1. The number of carboxylic acids is 1. The number of benzene rings is 1. The van der Waals surface area contributed by atoms with Crippen LogP contribution < -0.4 is 4.74 Å². The Morgan fingerprint density at radius 2 is 2.20 bits per heavy atom. The molecule has 2 heterocycles. The van der Waals surface area contributed by atoms with Crippen LogP contribution in [0.3, 0.4) is 0 Å². The summed E-state index contributed by atoms with van der Waals surface area (Å²) in [7, 11) is 1.63. The summed E-state index contributed by atoms with van der Waals surface area (Å²) < 4.78 is 12.4. The molecule has 0 amide bonds. The third-order valence-corrected chi connectivity index (χ3v) is 3.27. The van der Waals surface area contributed by atoms with E-state index in [1.54, 1.807) is 7.11 Å². The zero-order valence-electron chi connectivity index (χ0n) is 10.9. The third kappa shape index (κ3) is 2.03. The standard InChI is InChI=1S/C15H13NO4/c1-19-11-2-3-13-10(8-11)4-6-16(13)9-14-12(15(17)18)5-7-20-14/h2-8H,9H2,1H3,(H,17,18). The minimum Gasteiger partial charge on any atom is -0.497 e. The summed E-state index contributed by atoms with van der Waals surface area (Å²) >= 11 is 0. The number of nitrogens with zero attached hydrogens (tertiary/aromatic N) is 1. The van der Waals surface area contributed by atoms with Crippen LogP contribution in [0, 0.1) is 0 Å². The molecule has 3 aromatic rings. The molecular formula is C15H13NO4. The van der Waals surface area contributed by atoms with Crippen molar-refractivity contribution in [2.75, 3.05) is 7.11 Å². The molecule has 1 N–H and O–H groups in total. The Morgan fingerprint density at radius 3 is 2.95 bits per heavy atom. The molecule has 3 rings (SSSR count). The minimum absolute atomic E-state index is 0.195. The first-order valence-electron chi connectivity index (χ1n) is 6.11. The molecular weight excluding hydrogens is 258 g/mol. The summed E-state index contributed by atoms with van der Waals surface area (Å²) in [5.41, 5.74) is 1.19. The topological polar surface area (TPSA) is 64.6 Å². The van der Waals surface area contributed by atoms with Gasteiger partial charge in [0.15, 0.2) is 0 Å². The van der Waals surface area contributed by atoms with Gasteiger partial charge in [-0.15, -0.1) is 0 Å². The lowest BCUT2D eigenvalue weighted by atomic mass is 10.2. The van der Waals surface area contributed by atoms with Crippen LogP contribution >= 0.6 is 0 Å². The van der Waals surface area contributed by atoms with Crippen molar-refractivity contribution in [1.29, 1.82) is 0 Å². The molecule has 0 unspecified atom stereocenters. The molecule has 1 aromatic carbocycles. The Kier molecular flexibility index (Phi) is 2.95. The maximum atomic E-state index is 11.1. The second kappa shape index (κ2) is 4.77. The number of rotatable bonds is 4. The highest BCUT2D eigenvalue weighted by Crippen LogP contribution is 2.23. The first-order valence-corrected chi connectivity index (χ1v) is 6.11. The molecule has 102 valence electrons. The SMILES string of the molecule is COc1ccc2c(ccn2Cc2occc2C(=O)O)c1. The van der Waals surface area contributed by atoms with E-state index >= 15 is 0 Å². The van der Waals surface area contributed by atoms with E-state index in [1.165, 1.54) is 12.3 Å². The van der Waals surface area contributed by atoms with Crippen LogP contribution in [0.25, 0.3) is 10.9 Å². The third-order valence-electron chi connectivity index (χ3n) is 3.27. The molecule has 0 saturated heterocycles. The number of furan rings is 1. The summed E-state index contributed by atoms with van der Waals surface area (Å²) in [4.78, 5) is 11.1. The van der Waals surface area contributed by atoms with Crippen molar-refractivity contribution in [2.24, 2.45) is 0 Å². The molecule has 0 bridgehead atoms. The lowest BCUT2D eigenvalue weighted by molar-refractivity contribution is 0.0694. The lowest BCUT2D eigenvalue weighted by Crippen LogP contribution is -2.03. The van der Waals surface area contributed by atoms with Gasteiger partial charge in [0.05, 0.1) is 19.9 Å². The van der Waals surface area contributed by atoms with Gasteiger partial charge in [-0.05, 0) is 30.3 Å². The zero-order valence-corrected chi connectivity index (χ0v) is 10.9. The summed E-state index contributed by atoms with van der Waals surface area (Å²) in [6, 6.07) is 9.18. The van der Waals surface area contributed by atoms with Crippen LogP contribution in [0.1, 0.15) is 16.1 Å². The van der Waals surface area contributed by atoms with Gasteiger partial charge in [-0.2, -0.15) is 0 Å². The van der Waals surface area contributed by atoms with E-state index in [2.05, 4.69) is 0 Å². The Morgan fingerprint density at radius 1 is 1.35 bits per heavy atom. The van der Waals surface area contributed by atoms with Crippen molar-refractivity contribution in [3.8, 4) is 5.75 Å². The highest BCUT2D eigenvalue weighted by molar-refractivity contribution is 5.88. The van der Waals surface area contributed by atoms with E-state index in [-0.39, 0.29) is 5.56 Å². The molecule has 0 aliphatic heterocycles. The average Bonchev–Trinajstić information content (AvgIpc) is 3.06. The van der Waals surface area contributed by atoms with Crippen LogP contribution in [-0.2, 0) is 6.54 Å². The Labute approximate surface area is 115 Å². The summed E-state index contributed by atoms with van der Waals surface area (Å²) in [6.45, 7) is 0.379. The van der Waals surface area contributed by atoms with Crippen molar-refractivity contribution in [2.45, 2.75) is 6.54 Å². The molecule has 0 aliphatic carbocycles. The Bertz CT molecular complexity index is 769. The monoisotopic (exact) mass is 271 g/mol. The molecule has 2 aromatic heterocycles. The van der Waals surface area contributed by atoms with Gasteiger partial charge >= 0.3 is 5.97 Å². The van der Waals surface area contributed by atoms with Crippen LogP contribution in [-0.4, -0.2) is 22.8 Å². The second-order valence-electron chi connectivity index (χ2n) is 4.43. The van der Waals surface area contributed by atoms with Crippen LogP contribution in [0.15, 0.2) is 47.2 Å². The van der Waals surface area contributed by atoms with Gasteiger partial charge in [0.2, 0.25) is 0 Å². The molecule has 0 aliphatic rings. The van der Waals surface area contributed by atoms with E-state index in [0.717, 1.165) is 16.7 Å². The van der Waals surface area contributed by atoms with Gasteiger partial charge in [-0.1, -0.05) is 0 Å². The molecule has 0 atom stereocenters. The van der Waals surface area contributed by atoms with E-state index in [4.69, 9.17) is 14.3 Å². The summed E-state index contributed by atoms with van der Waals surface area (Å²) in [6.07, 6.45) is 3.30. The van der Waals surface area contributed by atoms with Crippen LogP contribution in [0.5, 0.6) is 5.75 Å². The summed E-state index contributed by atoms with van der Waals surface area (Å²) in [5.74, 6) is 0.247. The van der Waals surface area contributed by atoms with Gasteiger partial charge < -0.3 is 18.8 Å². The van der Waals surface area contributed by atoms with Gasteiger partial charge in [0.25, 0.3) is 0 Å². The van der Waals surface area contributed by atoms with Crippen LogP contribution in [0.2, 0.25) is 0 Å². The fraction of sp³-hybridized carbons (Fsp3) is 0.133. The van der Waals surface area contributed by atoms with Crippen molar-refractivity contribution in [3.05, 3.63) is 54.1 Å². The van der Waals surface area contributed by atoms with Crippen molar-refractivity contribution in [1.82, 2.24) is 4.57 Å². The molecule has 20 heavy (non-hydrogen) atoms. The predicted molar refractivity (Wildman–Crippen MR) is 73.3 cm³/mol. The summed E-state index contributed by atoms with van der Waals surface area (Å²) in [5, 5.41) is 10.1. The molecule has 0 fully saturated rings. The molecule has 0 spiro atoms. The van der Waals surface area contributed by atoms with E-state index in [9.17, 15) is 4.79 Å². The number of ether oxygens (including phenoxy) is 1. The first kappa shape index (κ1) is 12.3.